The normalized spacial score (nSPS) is 13.9. The molecule has 0 spiro atoms. The van der Waals surface area contributed by atoms with Gasteiger partial charge in [0.2, 0.25) is 5.88 Å². The van der Waals surface area contributed by atoms with Gasteiger partial charge in [-0.3, -0.25) is 9.36 Å². The molecule has 24 heavy (non-hydrogen) atoms. The lowest BCUT2D eigenvalue weighted by Gasteiger charge is -2.10. The summed E-state index contributed by atoms with van der Waals surface area (Å²) in [7, 11) is 3.32. The Morgan fingerprint density at radius 1 is 1.29 bits per heavy atom. The Labute approximate surface area is 146 Å². The Morgan fingerprint density at radius 3 is 2.96 bits per heavy atom. The molecular formula is C16H16N4O2S2. The zero-order valence-corrected chi connectivity index (χ0v) is 15.0. The van der Waals surface area contributed by atoms with Gasteiger partial charge < -0.3 is 4.74 Å². The fourth-order valence-corrected chi connectivity index (χ4v) is 5.01. The lowest BCUT2D eigenvalue weighted by molar-refractivity contribution is 0.392. The van der Waals surface area contributed by atoms with E-state index in [1.54, 1.807) is 42.3 Å². The van der Waals surface area contributed by atoms with E-state index in [2.05, 4.69) is 9.97 Å². The molecule has 0 N–H and O–H groups in total. The molecular weight excluding hydrogens is 344 g/mol. The minimum atomic E-state index is 0.0183. The van der Waals surface area contributed by atoms with E-state index in [0.29, 0.717) is 16.2 Å². The first-order valence-electron chi connectivity index (χ1n) is 7.73. The molecule has 8 heteroatoms. The third kappa shape index (κ3) is 2.59. The van der Waals surface area contributed by atoms with Crippen LogP contribution in [0.15, 0.2) is 27.4 Å². The van der Waals surface area contributed by atoms with Gasteiger partial charge in [-0.05, 0) is 43.0 Å². The lowest BCUT2D eigenvalue weighted by atomic mass is 9.97. The minimum Gasteiger partial charge on any atom is -0.481 e. The van der Waals surface area contributed by atoms with Gasteiger partial charge in [-0.15, -0.1) is 11.3 Å². The number of methoxy groups -OCH3 is 1. The molecule has 124 valence electrons. The second kappa shape index (κ2) is 6.18. The molecule has 3 aromatic heterocycles. The van der Waals surface area contributed by atoms with Crippen molar-refractivity contribution in [2.45, 2.75) is 36.0 Å². The molecule has 6 nitrogen and oxygen atoms in total. The van der Waals surface area contributed by atoms with Gasteiger partial charge in [0.1, 0.15) is 4.83 Å². The molecule has 0 unspecified atom stereocenters. The van der Waals surface area contributed by atoms with E-state index >= 15 is 0 Å². The van der Waals surface area contributed by atoms with E-state index in [-0.39, 0.29) is 5.56 Å². The predicted octanol–water partition coefficient (Wildman–Crippen LogP) is 2.82. The molecule has 0 fully saturated rings. The number of thiophene rings is 1. The van der Waals surface area contributed by atoms with Gasteiger partial charge in [0.25, 0.3) is 5.56 Å². The van der Waals surface area contributed by atoms with E-state index in [1.807, 2.05) is 0 Å². The quantitative estimate of drug-likeness (QED) is 0.669. The van der Waals surface area contributed by atoms with Crippen molar-refractivity contribution >= 4 is 33.3 Å². The van der Waals surface area contributed by atoms with Crippen LogP contribution in [0.3, 0.4) is 0 Å². The Morgan fingerprint density at radius 2 is 2.12 bits per heavy atom. The van der Waals surface area contributed by atoms with Crippen molar-refractivity contribution in [3.8, 4) is 5.88 Å². The second-order valence-corrected chi connectivity index (χ2v) is 7.65. The van der Waals surface area contributed by atoms with Crippen molar-refractivity contribution in [3.05, 3.63) is 33.1 Å². The summed E-state index contributed by atoms with van der Waals surface area (Å²) >= 11 is 2.93. The molecule has 0 radical (unpaired) electrons. The monoisotopic (exact) mass is 360 g/mol. The fourth-order valence-electron chi connectivity index (χ4n) is 2.93. The molecule has 0 atom stereocenters. The Bertz CT molecular complexity index is 980. The third-order valence-electron chi connectivity index (χ3n) is 4.15. The molecule has 0 bridgehead atoms. The molecule has 0 saturated heterocycles. The van der Waals surface area contributed by atoms with Gasteiger partial charge in [-0.2, -0.15) is 4.98 Å². The van der Waals surface area contributed by atoms with Crippen LogP contribution in [0.25, 0.3) is 10.2 Å². The maximum absolute atomic E-state index is 12.8. The van der Waals surface area contributed by atoms with Gasteiger partial charge in [-0.1, -0.05) is 0 Å². The minimum absolute atomic E-state index is 0.0183. The largest absolute Gasteiger partial charge is 0.481 e. The number of aromatic nitrogens is 4. The van der Waals surface area contributed by atoms with Crippen LogP contribution >= 0.6 is 23.1 Å². The summed E-state index contributed by atoms with van der Waals surface area (Å²) in [5.41, 5.74) is 1.23. The highest BCUT2D eigenvalue weighted by molar-refractivity contribution is 7.99. The number of aryl methyl sites for hydroxylation is 2. The second-order valence-electron chi connectivity index (χ2n) is 5.63. The molecule has 4 rings (SSSR count). The van der Waals surface area contributed by atoms with Crippen LogP contribution < -0.4 is 10.3 Å². The first kappa shape index (κ1) is 15.6. The van der Waals surface area contributed by atoms with E-state index in [1.165, 1.54) is 28.6 Å². The first-order valence-corrected chi connectivity index (χ1v) is 9.37. The Kier molecular flexibility index (Phi) is 4.01. The van der Waals surface area contributed by atoms with Crippen LogP contribution in [0.2, 0.25) is 0 Å². The van der Waals surface area contributed by atoms with E-state index in [9.17, 15) is 4.79 Å². The number of hydrogen-bond donors (Lipinski definition) is 0. The van der Waals surface area contributed by atoms with E-state index in [0.717, 1.165) is 29.5 Å². The SMILES string of the molecule is COc1ccnc(Sc2nc3sc4c(c3c(=O)n2C)CCCC4)n1. The zero-order valence-electron chi connectivity index (χ0n) is 13.4. The Hall–Kier alpha value is -1.93. The zero-order chi connectivity index (χ0) is 16.7. The van der Waals surface area contributed by atoms with Gasteiger partial charge in [-0.25, -0.2) is 9.97 Å². The summed E-state index contributed by atoms with van der Waals surface area (Å²) in [5.74, 6) is 0.491. The van der Waals surface area contributed by atoms with Crippen LogP contribution in [0.4, 0.5) is 0 Å². The average Bonchev–Trinajstić information content (AvgIpc) is 2.98. The lowest BCUT2D eigenvalue weighted by Crippen LogP contribution is -2.20. The number of rotatable bonds is 3. The molecule has 1 aliphatic carbocycles. The molecule has 0 saturated carbocycles. The summed E-state index contributed by atoms with van der Waals surface area (Å²) in [6.45, 7) is 0. The van der Waals surface area contributed by atoms with Crippen LogP contribution in [-0.2, 0) is 19.9 Å². The van der Waals surface area contributed by atoms with Crippen LogP contribution in [0, 0.1) is 0 Å². The van der Waals surface area contributed by atoms with Crippen molar-refractivity contribution in [1.29, 1.82) is 0 Å². The Balaban J connectivity index is 1.81. The molecule has 0 aromatic carbocycles. The highest BCUT2D eigenvalue weighted by Crippen LogP contribution is 2.35. The van der Waals surface area contributed by atoms with Crippen molar-refractivity contribution in [3.63, 3.8) is 0 Å². The standard InChI is InChI=1S/C16H16N4O2S2/c1-20-14(21)12-9-5-3-4-6-10(9)23-13(12)19-16(20)24-15-17-8-7-11(18-15)22-2/h7-8H,3-6H2,1-2H3. The van der Waals surface area contributed by atoms with Gasteiger partial charge in [0.15, 0.2) is 10.3 Å². The molecule has 0 amide bonds. The maximum Gasteiger partial charge on any atom is 0.262 e. The summed E-state index contributed by atoms with van der Waals surface area (Å²) < 4.78 is 6.72. The van der Waals surface area contributed by atoms with Crippen LogP contribution in [-0.4, -0.2) is 26.6 Å². The van der Waals surface area contributed by atoms with Crippen LogP contribution in [0.5, 0.6) is 5.88 Å². The summed E-state index contributed by atoms with van der Waals surface area (Å²) in [6.07, 6.45) is 6.02. The smallest absolute Gasteiger partial charge is 0.262 e. The van der Waals surface area contributed by atoms with E-state index < -0.39 is 0 Å². The van der Waals surface area contributed by atoms with Crippen LogP contribution in [0.1, 0.15) is 23.3 Å². The third-order valence-corrected chi connectivity index (χ3v) is 6.27. The predicted molar refractivity (Wildman–Crippen MR) is 94.2 cm³/mol. The summed E-state index contributed by atoms with van der Waals surface area (Å²) in [5, 5.41) is 1.91. The highest BCUT2D eigenvalue weighted by Gasteiger charge is 2.21. The summed E-state index contributed by atoms with van der Waals surface area (Å²) in [4.78, 5) is 28.2. The van der Waals surface area contributed by atoms with Crippen molar-refractivity contribution in [1.82, 2.24) is 19.5 Å². The van der Waals surface area contributed by atoms with E-state index in [4.69, 9.17) is 9.72 Å². The van der Waals surface area contributed by atoms with Crippen molar-refractivity contribution < 1.29 is 4.74 Å². The first-order chi connectivity index (χ1) is 11.7. The van der Waals surface area contributed by atoms with Crippen molar-refractivity contribution in [2.75, 3.05) is 7.11 Å². The average molecular weight is 360 g/mol. The number of ether oxygens (including phenoxy) is 1. The fraction of sp³-hybridized carbons (Fsp3) is 0.375. The van der Waals surface area contributed by atoms with Crippen molar-refractivity contribution in [2.24, 2.45) is 7.05 Å². The number of fused-ring (bicyclic) bond motifs is 3. The van der Waals surface area contributed by atoms with Gasteiger partial charge in [0, 0.05) is 24.2 Å². The molecule has 0 aliphatic heterocycles. The maximum atomic E-state index is 12.8. The molecule has 1 aliphatic rings. The molecule has 3 aromatic rings. The highest BCUT2D eigenvalue weighted by atomic mass is 32.2. The van der Waals surface area contributed by atoms with Gasteiger partial charge in [0.05, 0.1) is 12.5 Å². The number of nitrogens with zero attached hydrogens (tertiary/aromatic N) is 4. The number of hydrogen-bond acceptors (Lipinski definition) is 7. The van der Waals surface area contributed by atoms with Gasteiger partial charge >= 0.3 is 0 Å². The summed E-state index contributed by atoms with van der Waals surface area (Å²) in [6, 6.07) is 1.69. The topological polar surface area (TPSA) is 69.9 Å². The molecule has 3 heterocycles.